The van der Waals surface area contributed by atoms with Gasteiger partial charge in [-0.3, -0.25) is 0 Å². The van der Waals surface area contributed by atoms with Crippen LogP contribution in [-0.2, 0) is 0 Å². The molecule has 0 unspecified atom stereocenters. The molecule has 0 fully saturated rings. The summed E-state index contributed by atoms with van der Waals surface area (Å²) in [6.07, 6.45) is 0. The molecule has 0 aliphatic rings. The molecule has 5 rings (SSSR count). The van der Waals surface area contributed by atoms with Crippen LogP contribution in [0.25, 0.3) is 0 Å². The highest BCUT2D eigenvalue weighted by Crippen LogP contribution is 2.14. The molecule has 6 heteroatoms. The summed E-state index contributed by atoms with van der Waals surface area (Å²) in [4.78, 5) is 0. The molecule has 5 aromatic rings. The zero-order valence-corrected chi connectivity index (χ0v) is 28.4. The lowest BCUT2D eigenvalue weighted by Crippen LogP contribution is -1.91. The Morgan fingerprint density at radius 1 is 0.275 bits per heavy atom. The summed E-state index contributed by atoms with van der Waals surface area (Å²) in [5.41, 5.74) is 7.42. The Balaban J connectivity index is -0.000000169. The largest absolute Gasteiger partial charge is 0.207 e. The molecule has 0 bridgehead atoms. The van der Waals surface area contributed by atoms with Crippen molar-refractivity contribution < 1.29 is 26.3 Å². The molecule has 0 radical (unpaired) electrons. The van der Waals surface area contributed by atoms with Crippen LogP contribution in [0, 0.1) is 104 Å². The molecular formula is C45H64F6. The minimum atomic E-state index is -0.736. The molecule has 0 amide bonds. The predicted molar refractivity (Wildman–Crippen MR) is 213 cm³/mol. The van der Waals surface area contributed by atoms with Gasteiger partial charge in [0.1, 0.15) is 23.3 Å². The van der Waals surface area contributed by atoms with Crippen molar-refractivity contribution in [1.29, 1.82) is 0 Å². The first kappa shape index (κ1) is 56.1. The molecule has 51 heavy (non-hydrogen) atoms. The zero-order chi connectivity index (χ0) is 35.1. The average molecular weight is 719 g/mol. The van der Waals surface area contributed by atoms with E-state index < -0.39 is 23.3 Å². The molecule has 0 N–H and O–H groups in total. The third-order valence-corrected chi connectivity index (χ3v) is 6.77. The molecule has 0 saturated carbocycles. The smallest absolute Gasteiger partial charge is 0.161 e. The van der Waals surface area contributed by atoms with E-state index in [1.807, 2.05) is 26.0 Å². The van der Waals surface area contributed by atoms with E-state index in [0.29, 0.717) is 27.8 Å². The van der Waals surface area contributed by atoms with E-state index in [9.17, 15) is 26.3 Å². The first-order chi connectivity index (χ1) is 21.4. The van der Waals surface area contributed by atoms with E-state index in [1.165, 1.54) is 56.2 Å². The van der Waals surface area contributed by atoms with Gasteiger partial charge in [0.05, 0.1) is 0 Å². The Hall–Kier alpha value is -4.32. The minimum absolute atomic E-state index is 0. The van der Waals surface area contributed by atoms with Crippen LogP contribution < -0.4 is 0 Å². The van der Waals surface area contributed by atoms with Crippen LogP contribution in [0.5, 0.6) is 0 Å². The number of benzene rings is 5. The summed E-state index contributed by atoms with van der Waals surface area (Å²) in [6, 6.07) is 24.7. The molecule has 0 aliphatic carbocycles. The highest BCUT2D eigenvalue weighted by Gasteiger charge is 2.06. The SMILES string of the molecule is C.C.C.C.C.Cc1cc(F)c(C)c(F)c1.Cc1ccc(C)c(F)c1.Cc1ccc(C)c(F)c1.Cc1ccc(C)c(F)c1F.Cc1ccc(C)cc1. The molecule has 5 aromatic carbocycles. The first-order valence-corrected chi connectivity index (χ1v) is 14.7. The van der Waals surface area contributed by atoms with E-state index in [2.05, 4.69) is 38.1 Å². The van der Waals surface area contributed by atoms with Crippen LogP contribution in [-0.4, -0.2) is 0 Å². The second kappa shape index (κ2) is 27.4. The minimum Gasteiger partial charge on any atom is -0.207 e. The van der Waals surface area contributed by atoms with Crippen molar-refractivity contribution in [1.82, 2.24) is 0 Å². The van der Waals surface area contributed by atoms with E-state index in [1.54, 1.807) is 45.0 Å². The van der Waals surface area contributed by atoms with Crippen molar-refractivity contribution in [2.75, 3.05) is 0 Å². The molecule has 0 spiro atoms. The monoisotopic (exact) mass is 718 g/mol. The second-order valence-corrected chi connectivity index (χ2v) is 11.3. The highest BCUT2D eigenvalue weighted by atomic mass is 19.2. The highest BCUT2D eigenvalue weighted by molar-refractivity contribution is 5.25. The molecule has 0 saturated heterocycles. The maximum Gasteiger partial charge on any atom is 0.161 e. The Labute approximate surface area is 307 Å². The Bertz CT molecular complexity index is 1570. The maximum absolute atomic E-state index is 12.6. The topological polar surface area (TPSA) is 0 Å². The van der Waals surface area contributed by atoms with Gasteiger partial charge in [-0.2, -0.15) is 0 Å². The first-order valence-electron chi connectivity index (χ1n) is 14.7. The lowest BCUT2D eigenvalue weighted by Gasteiger charge is -1.99. The van der Waals surface area contributed by atoms with E-state index in [-0.39, 0.29) is 54.3 Å². The normalized spacial score (nSPS) is 8.78. The fraction of sp³-hybridized carbons (Fsp3) is 0.333. The number of halogens is 6. The summed E-state index contributed by atoms with van der Waals surface area (Å²) < 4.78 is 75.6. The van der Waals surface area contributed by atoms with Gasteiger partial charge in [-0.15, -0.1) is 0 Å². The number of hydrogen-bond donors (Lipinski definition) is 0. The summed E-state index contributed by atoms with van der Waals surface area (Å²) in [5, 5.41) is 0. The zero-order valence-electron chi connectivity index (χ0n) is 28.4. The Kier molecular flexibility index (Phi) is 30.1. The molecule has 286 valence electrons. The maximum atomic E-state index is 12.6. The van der Waals surface area contributed by atoms with Gasteiger partial charge in [-0.1, -0.05) is 109 Å². The lowest BCUT2D eigenvalue weighted by atomic mass is 10.1. The Morgan fingerprint density at radius 3 is 0.765 bits per heavy atom. The van der Waals surface area contributed by atoms with Crippen LogP contribution >= 0.6 is 0 Å². The fourth-order valence-corrected chi connectivity index (χ4v) is 3.55. The van der Waals surface area contributed by atoms with Crippen LogP contribution in [0.1, 0.15) is 92.8 Å². The predicted octanol–water partition coefficient (Wildman–Crippen LogP) is 15.5. The van der Waals surface area contributed by atoms with Crippen LogP contribution in [0.2, 0.25) is 0 Å². The van der Waals surface area contributed by atoms with E-state index in [0.717, 1.165) is 11.1 Å². The fourth-order valence-electron chi connectivity index (χ4n) is 3.55. The van der Waals surface area contributed by atoms with Crippen LogP contribution in [0.4, 0.5) is 26.3 Å². The van der Waals surface area contributed by atoms with Crippen molar-refractivity contribution in [3.05, 3.63) is 175 Å². The summed E-state index contributed by atoms with van der Waals surface area (Å²) in [6.45, 7) is 17.6. The van der Waals surface area contributed by atoms with E-state index >= 15 is 0 Å². The van der Waals surface area contributed by atoms with Gasteiger partial charge < -0.3 is 0 Å². The second-order valence-electron chi connectivity index (χ2n) is 11.3. The van der Waals surface area contributed by atoms with Gasteiger partial charge in [-0.05, 0) is 132 Å². The quantitative estimate of drug-likeness (QED) is 0.140. The molecule has 0 aromatic heterocycles. The van der Waals surface area contributed by atoms with Gasteiger partial charge >= 0.3 is 0 Å². The van der Waals surface area contributed by atoms with Gasteiger partial charge in [0, 0.05) is 5.56 Å². The van der Waals surface area contributed by atoms with Crippen molar-refractivity contribution >= 4 is 0 Å². The number of rotatable bonds is 0. The number of aryl methyl sites for hydroxylation is 9. The summed E-state index contributed by atoms with van der Waals surface area (Å²) in [7, 11) is 0. The molecule has 0 aliphatic heterocycles. The number of hydrogen-bond acceptors (Lipinski definition) is 0. The van der Waals surface area contributed by atoms with Crippen molar-refractivity contribution in [2.45, 2.75) is 106 Å². The summed E-state index contributed by atoms with van der Waals surface area (Å²) in [5.74, 6) is -2.65. The Morgan fingerprint density at radius 2 is 0.510 bits per heavy atom. The molecule has 0 atom stereocenters. The van der Waals surface area contributed by atoms with Crippen molar-refractivity contribution in [3.63, 3.8) is 0 Å². The lowest BCUT2D eigenvalue weighted by molar-refractivity contribution is 0.497. The van der Waals surface area contributed by atoms with Crippen molar-refractivity contribution in [3.8, 4) is 0 Å². The molecular weight excluding hydrogens is 654 g/mol. The van der Waals surface area contributed by atoms with Gasteiger partial charge in [0.15, 0.2) is 11.6 Å². The third kappa shape index (κ3) is 20.8. The standard InChI is InChI=1S/2C8H8F2.2C8H9F.C8H10.5CH4/c1-5-3-7(9)6(2)8(10)4-5;1-5-3-4-6(2)8(10)7(5)9;2*1-6-3-4-7(2)8(9)5-6;1-7-3-5-8(2)6-4-7;;;;;/h2*3-4H,1-2H3;2*3-5H,1-2H3;3-6H,1-2H3;5*1H4. The van der Waals surface area contributed by atoms with Crippen LogP contribution in [0.15, 0.2) is 84.9 Å². The average Bonchev–Trinajstić information content (AvgIpc) is 3.00. The van der Waals surface area contributed by atoms with Crippen LogP contribution in [0.3, 0.4) is 0 Å². The van der Waals surface area contributed by atoms with Gasteiger partial charge in [0.25, 0.3) is 0 Å². The molecule has 0 nitrogen and oxygen atoms in total. The molecule has 0 heterocycles. The van der Waals surface area contributed by atoms with Gasteiger partial charge in [0.2, 0.25) is 0 Å². The summed E-state index contributed by atoms with van der Waals surface area (Å²) >= 11 is 0. The third-order valence-electron chi connectivity index (χ3n) is 6.77. The van der Waals surface area contributed by atoms with E-state index in [4.69, 9.17) is 0 Å². The van der Waals surface area contributed by atoms with Gasteiger partial charge in [-0.25, -0.2) is 26.3 Å². The van der Waals surface area contributed by atoms with Crippen molar-refractivity contribution in [2.24, 2.45) is 0 Å².